The van der Waals surface area contributed by atoms with Crippen molar-refractivity contribution in [3.63, 3.8) is 0 Å². The number of para-hydroxylation sites is 1. The van der Waals surface area contributed by atoms with Gasteiger partial charge >= 0.3 is 0 Å². The quantitative estimate of drug-likeness (QED) is 0.708. The predicted molar refractivity (Wildman–Crippen MR) is 119 cm³/mol. The van der Waals surface area contributed by atoms with Crippen LogP contribution in [-0.4, -0.2) is 43.1 Å². The minimum Gasteiger partial charge on any atom is -0.483 e. The van der Waals surface area contributed by atoms with E-state index in [4.69, 9.17) is 4.74 Å². The van der Waals surface area contributed by atoms with E-state index in [-0.39, 0.29) is 24.9 Å². The van der Waals surface area contributed by atoms with Crippen LogP contribution in [0.1, 0.15) is 36.8 Å². The Morgan fingerprint density at radius 3 is 2.38 bits per heavy atom. The molecule has 4 rings (SSSR count). The summed E-state index contributed by atoms with van der Waals surface area (Å²) in [5, 5.41) is 3.66. The van der Waals surface area contributed by atoms with Gasteiger partial charge in [0.15, 0.2) is 6.61 Å². The van der Waals surface area contributed by atoms with Gasteiger partial charge in [0.2, 0.25) is 0 Å². The average Bonchev–Trinajstić information content (AvgIpc) is 3.57. The van der Waals surface area contributed by atoms with Crippen LogP contribution in [0.2, 0.25) is 0 Å². The number of ether oxygens (including phenoxy) is 1. The van der Waals surface area contributed by atoms with Crippen molar-refractivity contribution in [2.75, 3.05) is 26.2 Å². The number of likely N-dealkylation sites (tertiary alicyclic amines) is 1. The zero-order valence-corrected chi connectivity index (χ0v) is 17.7. The fraction of sp³-hybridized carbons (Fsp3) is 0.458. The van der Waals surface area contributed by atoms with Crippen molar-refractivity contribution in [3.05, 3.63) is 65.7 Å². The Morgan fingerprint density at radius 1 is 0.966 bits per heavy atom. The van der Waals surface area contributed by atoms with Crippen molar-refractivity contribution in [2.45, 2.75) is 38.1 Å². The summed E-state index contributed by atoms with van der Waals surface area (Å²) < 4.78 is 5.93. The number of nitrogens with one attached hydrogen (secondary N) is 1. The zero-order valence-electron chi connectivity index (χ0n) is 16.9. The maximum Gasteiger partial charge on any atom is 0.260 e. The number of hydrogen-bond acceptors (Lipinski definition) is 3. The second kappa shape index (κ2) is 10.7. The van der Waals surface area contributed by atoms with Crippen LogP contribution in [0.5, 0.6) is 5.75 Å². The van der Waals surface area contributed by atoms with E-state index in [9.17, 15) is 4.79 Å². The molecule has 156 valence electrons. The molecule has 2 aromatic rings. The fourth-order valence-corrected chi connectivity index (χ4v) is 3.83. The highest BCUT2D eigenvalue weighted by Crippen LogP contribution is 2.28. The monoisotopic (exact) mass is 414 g/mol. The minimum atomic E-state index is 0. The highest BCUT2D eigenvalue weighted by Gasteiger charge is 2.26. The molecule has 1 saturated heterocycles. The first-order valence-electron chi connectivity index (χ1n) is 10.5. The van der Waals surface area contributed by atoms with Crippen LogP contribution in [0.25, 0.3) is 0 Å². The van der Waals surface area contributed by atoms with Crippen LogP contribution in [0.3, 0.4) is 0 Å². The third kappa shape index (κ3) is 6.48. The number of amides is 1. The number of halogens is 1. The molecule has 1 heterocycles. The lowest BCUT2D eigenvalue weighted by Gasteiger charge is -2.32. The largest absolute Gasteiger partial charge is 0.483 e. The van der Waals surface area contributed by atoms with Crippen molar-refractivity contribution >= 4 is 18.3 Å². The third-order valence-electron chi connectivity index (χ3n) is 5.80. The molecule has 2 aliphatic rings. The number of hydrogen-bond donors (Lipinski definition) is 1. The smallest absolute Gasteiger partial charge is 0.260 e. The van der Waals surface area contributed by atoms with Crippen LogP contribution < -0.4 is 10.1 Å². The van der Waals surface area contributed by atoms with E-state index in [1.807, 2.05) is 41.3 Å². The molecule has 1 aliphatic heterocycles. The SMILES string of the molecule is Cl.O=C(COc1ccccc1Cc1ccccc1)N1CCC(NCC2CC2)CC1. The number of carbonyl (C=O) groups excluding carboxylic acids is 1. The van der Waals surface area contributed by atoms with E-state index in [2.05, 4.69) is 23.5 Å². The van der Waals surface area contributed by atoms with Crippen molar-refractivity contribution < 1.29 is 9.53 Å². The molecule has 29 heavy (non-hydrogen) atoms. The number of benzene rings is 2. The highest BCUT2D eigenvalue weighted by atomic mass is 35.5. The molecule has 0 unspecified atom stereocenters. The van der Waals surface area contributed by atoms with E-state index in [1.54, 1.807) is 0 Å². The topological polar surface area (TPSA) is 41.6 Å². The van der Waals surface area contributed by atoms with Gasteiger partial charge in [0.25, 0.3) is 5.91 Å². The second-order valence-corrected chi connectivity index (χ2v) is 8.07. The molecule has 2 fully saturated rings. The van der Waals surface area contributed by atoms with Gasteiger partial charge in [0.1, 0.15) is 5.75 Å². The molecular formula is C24H31ClN2O2. The lowest BCUT2D eigenvalue weighted by atomic mass is 10.0. The van der Waals surface area contributed by atoms with Crippen molar-refractivity contribution in [2.24, 2.45) is 5.92 Å². The summed E-state index contributed by atoms with van der Waals surface area (Å²) in [6.45, 7) is 2.93. The Labute approximate surface area is 180 Å². The summed E-state index contributed by atoms with van der Waals surface area (Å²) in [5.41, 5.74) is 2.36. The molecule has 5 heteroatoms. The highest BCUT2D eigenvalue weighted by molar-refractivity contribution is 5.85. The molecule has 4 nitrogen and oxygen atoms in total. The minimum absolute atomic E-state index is 0. The lowest BCUT2D eigenvalue weighted by molar-refractivity contribution is -0.134. The summed E-state index contributed by atoms with van der Waals surface area (Å²) in [4.78, 5) is 14.6. The Morgan fingerprint density at radius 2 is 1.66 bits per heavy atom. The van der Waals surface area contributed by atoms with E-state index >= 15 is 0 Å². The molecule has 1 N–H and O–H groups in total. The Hall–Kier alpha value is -2.04. The normalized spacial score (nSPS) is 16.9. The molecule has 1 saturated carbocycles. The van der Waals surface area contributed by atoms with E-state index in [1.165, 1.54) is 18.4 Å². The third-order valence-corrected chi connectivity index (χ3v) is 5.80. The molecule has 1 amide bonds. The van der Waals surface area contributed by atoms with Gasteiger partial charge in [-0.25, -0.2) is 0 Å². The molecule has 1 aliphatic carbocycles. The van der Waals surface area contributed by atoms with Gasteiger partial charge in [-0.2, -0.15) is 0 Å². The average molecular weight is 415 g/mol. The van der Waals surface area contributed by atoms with Gasteiger partial charge in [-0.3, -0.25) is 4.79 Å². The number of nitrogens with zero attached hydrogens (tertiary/aromatic N) is 1. The van der Waals surface area contributed by atoms with Gasteiger partial charge in [0, 0.05) is 25.6 Å². The first-order chi connectivity index (χ1) is 13.8. The summed E-state index contributed by atoms with van der Waals surface area (Å²) in [6.07, 6.45) is 5.66. The molecule has 0 radical (unpaired) electrons. The van der Waals surface area contributed by atoms with Gasteiger partial charge in [-0.05, 0) is 55.3 Å². The van der Waals surface area contributed by atoms with Gasteiger partial charge < -0.3 is 15.0 Å². The zero-order chi connectivity index (χ0) is 19.2. The number of piperidine rings is 1. The first kappa shape index (κ1) is 21.7. The maximum atomic E-state index is 12.6. The summed E-state index contributed by atoms with van der Waals surface area (Å²) >= 11 is 0. The van der Waals surface area contributed by atoms with Gasteiger partial charge in [0.05, 0.1) is 0 Å². The second-order valence-electron chi connectivity index (χ2n) is 8.07. The number of carbonyl (C=O) groups is 1. The van der Waals surface area contributed by atoms with Crippen LogP contribution in [-0.2, 0) is 11.2 Å². The number of rotatable bonds is 8. The standard InChI is InChI=1S/C24H30N2O2.ClH/c27-24(26-14-12-22(13-15-26)25-17-20-10-11-20)18-28-23-9-5-4-8-21(23)16-19-6-2-1-3-7-19;/h1-9,20,22,25H,10-18H2;1H. The van der Waals surface area contributed by atoms with Crippen molar-refractivity contribution in [1.29, 1.82) is 0 Å². The molecule has 0 aromatic heterocycles. The van der Waals surface area contributed by atoms with Crippen molar-refractivity contribution in [3.8, 4) is 5.75 Å². The van der Waals surface area contributed by atoms with Crippen LogP contribution in [0.4, 0.5) is 0 Å². The van der Waals surface area contributed by atoms with Crippen molar-refractivity contribution in [1.82, 2.24) is 10.2 Å². The lowest BCUT2D eigenvalue weighted by Crippen LogP contribution is -2.46. The van der Waals surface area contributed by atoms with E-state index < -0.39 is 0 Å². The van der Waals surface area contributed by atoms with Gasteiger partial charge in [-0.15, -0.1) is 12.4 Å². The Bertz CT molecular complexity index is 771. The van der Waals surface area contributed by atoms with E-state index in [0.717, 1.165) is 56.1 Å². The van der Waals surface area contributed by atoms with Gasteiger partial charge in [-0.1, -0.05) is 48.5 Å². The Kier molecular flexibility index (Phi) is 7.96. The summed E-state index contributed by atoms with van der Waals surface area (Å²) in [6, 6.07) is 18.9. The predicted octanol–water partition coefficient (Wildman–Crippen LogP) is 4.07. The summed E-state index contributed by atoms with van der Waals surface area (Å²) in [5.74, 6) is 1.81. The molecule has 0 bridgehead atoms. The fourth-order valence-electron chi connectivity index (χ4n) is 3.83. The maximum absolute atomic E-state index is 12.6. The van der Waals surface area contributed by atoms with Crippen LogP contribution in [0.15, 0.2) is 54.6 Å². The molecular weight excluding hydrogens is 384 g/mol. The molecule has 0 atom stereocenters. The Balaban J connectivity index is 0.00000240. The molecule has 0 spiro atoms. The van der Waals surface area contributed by atoms with Crippen LogP contribution >= 0.6 is 12.4 Å². The first-order valence-corrected chi connectivity index (χ1v) is 10.5. The van der Waals surface area contributed by atoms with E-state index in [0.29, 0.717) is 6.04 Å². The van der Waals surface area contributed by atoms with Crippen LogP contribution in [0, 0.1) is 5.92 Å². The summed E-state index contributed by atoms with van der Waals surface area (Å²) in [7, 11) is 0. The molecule has 2 aromatic carbocycles.